The smallest absolute Gasteiger partial charge is 0.253 e. The zero-order valence-electron chi connectivity index (χ0n) is 24.9. The second-order valence-electron chi connectivity index (χ2n) is 11.0. The number of ether oxygens (including phenoxy) is 1. The van der Waals surface area contributed by atoms with Crippen molar-refractivity contribution in [3.63, 3.8) is 0 Å². The lowest BCUT2D eigenvalue weighted by atomic mass is 10.1. The maximum absolute atomic E-state index is 13.2. The Morgan fingerprint density at radius 3 is 2.16 bits per heavy atom. The van der Waals surface area contributed by atoms with E-state index in [9.17, 15) is 4.79 Å². The molecule has 0 aliphatic carbocycles. The number of rotatable bonds is 9. The maximum atomic E-state index is 13.2. The molecule has 4 aromatic rings. The molecule has 0 N–H and O–H groups in total. The van der Waals surface area contributed by atoms with E-state index < -0.39 is 0 Å². The average molecular weight is 629 g/mol. The van der Waals surface area contributed by atoms with Gasteiger partial charge in [0.15, 0.2) is 5.16 Å². The van der Waals surface area contributed by atoms with E-state index >= 15 is 0 Å². The molecule has 2 aliphatic heterocycles. The molecule has 8 nitrogen and oxygen atoms in total. The van der Waals surface area contributed by atoms with Crippen molar-refractivity contribution in [1.82, 2.24) is 19.8 Å². The molecule has 0 atom stereocenters. The summed E-state index contributed by atoms with van der Waals surface area (Å²) in [5.74, 6) is 2.49. The Morgan fingerprint density at radius 1 is 0.795 bits per heavy atom. The minimum Gasteiger partial charge on any atom is -0.497 e. The van der Waals surface area contributed by atoms with Gasteiger partial charge in [0, 0.05) is 82.0 Å². The van der Waals surface area contributed by atoms with Crippen LogP contribution in [-0.4, -0.2) is 85.1 Å². The average Bonchev–Trinajstić information content (AvgIpc) is 3.08. The molecule has 1 amide bonds. The summed E-state index contributed by atoms with van der Waals surface area (Å²) in [5.41, 5.74) is 4.31. The lowest BCUT2D eigenvalue weighted by molar-refractivity contribution is 0.0747. The molecule has 0 radical (unpaired) electrons. The highest BCUT2D eigenvalue weighted by Gasteiger charge is 2.23. The first-order valence-electron chi connectivity index (χ1n) is 15.0. The van der Waals surface area contributed by atoms with Crippen molar-refractivity contribution in [2.75, 3.05) is 69.3 Å². The Balaban J connectivity index is 0.986. The molecule has 228 valence electrons. The summed E-state index contributed by atoms with van der Waals surface area (Å²) in [6.07, 6.45) is 0. The van der Waals surface area contributed by atoms with E-state index in [4.69, 9.17) is 21.3 Å². The van der Waals surface area contributed by atoms with Crippen LogP contribution in [0.1, 0.15) is 21.5 Å². The van der Waals surface area contributed by atoms with E-state index in [0.29, 0.717) is 34.7 Å². The zero-order chi connectivity index (χ0) is 30.3. The van der Waals surface area contributed by atoms with Gasteiger partial charge >= 0.3 is 0 Å². The molecular weight excluding hydrogens is 592 g/mol. The van der Waals surface area contributed by atoms with Crippen LogP contribution in [0.2, 0.25) is 5.15 Å². The molecule has 44 heavy (non-hydrogen) atoms. The molecule has 0 saturated carbocycles. The highest BCUT2D eigenvalue weighted by atomic mass is 35.5. The molecule has 2 fully saturated rings. The van der Waals surface area contributed by atoms with Crippen molar-refractivity contribution < 1.29 is 9.53 Å². The number of carbonyl (C=O) groups excluding carboxylic acids is 1. The molecule has 0 bridgehead atoms. The summed E-state index contributed by atoms with van der Waals surface area (Å²) in [5, 5.41) is 1.12. The van der Waals surface area contributed by atoms with Crippen LogP contribution < -0.4 is 14.5 Å². The SMILES string of the molecule is COc1ccc(N2CCN(C(=O)c3ccc(CSc4nc(Cl)cc(N5CCN(Cc6ccccc6)CC5)n4)cc3)CC2)cc1. The van der Waals surface area contributed by atoms with Crippen LogP contribution in [0.15, 0.2) is 90.1 Å². The first kappa shape index (κ1) is 30.2. The lowest BCUT2D eigenvalue weighted by Crippen LogP contribution is -2.48. The number of benzene rings is 3. The molecule has 3 heterocycles. The first-order chi connectivity index (χ1) is 21.5. The Kier molecular flexibility index (Phi) is 9.85. The molecule has 1 aromatic heterocycles. The van der Waals surface area contributed by atoms with Gasteiger partial charge in [-0.1, -0.05) is 65.8 Å². The van der Waals surface area contributed by atoms with E-state index in [1.807, 2.05) is 47.4 Å². The second kappa shape index (κ2) is 14.3. The number of amides is 1. The minimum atomic E-state index is 0.0743. The van der Waals surface area contributed by atoms with Crippen molar-refractivity contribution in [1.29, 1.82) is 0 Å². The number of thioether (sulfide) groups is 1. The number of hydrogen-bond acceptors (Lipinski definition) is 8. The van der Waals surface area contributed by atoms with Gasteiger partial charge in [-0.2, -0.15) is 0 Å². The summed E-state index contributed by atoms with van der Waals surface area (Å²) in [6.45, 7) is 7.71. The predicted octanol–water partition coefficient (Wildman–Crippen LogP) is 5.72. The Labute approximate surface area is 268 Å². The van der Waals surface area contributed by atoms with E-state index in [1.165, 1.54) is 5.56 Å². The number of nitrogens with zero attached hydrogens (tertiary/aromatic N) is 6. The van der Waals surface area contributed by atoms with E-state index in [1.54, 1.807) is 18.9 Å². The van der Waals surface area contributed by atoms with Crippen LogP contribution in [0.4, 0.5) is 11.5 Å². The fourth-order valence-electron chi connectivity index (χ4n) is 5.62. The maximum Gasteiger partial charge on any atom is 0.253 e. The Morgan fingerprint density at radius 2 is 1.48 bits per heavy atom. The van der Waals surface area contributed by atoms with Crippen LogP contribution in [0.3, 0.4) is 0 Å². The van der Waals surface area contributed by atoms with Gasteiger partial charge in [-0.15, -0.1) is 0 Å². The van der Waals surface area contributed by atoms with Gasteiger partial charge in [0.2, 0.25) is 0 Å². The van der Waals surface area contributed by atoms with Gasteiger partial charge in [-0.3, -0.25) is 9.69 Å². The zero-order valence-corrected chi connectivity index (χ0v) is 26.5. The third-order valence-corrected chi connectivity index (χ3v) is 9.29. The molecule has 0 spiro atoms. The van der Waals surface area contributed by atoms with Crippen molar-refractivity contribution >= 4 is 40.8 Å². The van der Waals surface area contributed by atoms with Crippen LogP contribution in [0.25, 0.3) is 0 Å². The third kappa shape index (κ3) is 7.64. The predicted molar refractivity (Wildman–Crippen MR) is 178 cm³/mol. The van der Waals surface area contributed by atoms with Crippen molar-refractivity contribution in [3.8, 4) is 5.75 Å². The van der Waals surface area contributed by atoms with Crippen molar-refractivity contribution in [3.05, 3.63) is 107 Å². The summed E-state index contributed by atoms with van der Waals surface area (Å²) in [7, 11) is 1.67. The molecular formula is C34H37ClN6O2S. The van der Waals surface area contributed by atoms with Crippen molar-refractivity contribution in [2.45, 2.75) is 17.5 Å². The van der Waals surface area contributed by atoms with E-state index in [2.05, 4.69) is 62.1 Å². The summed E-state index contributed by atoms with van der Waals surface area (Å²) >= 11 is 7.98. The number of hydrogen-bond donors (Lipinski definition) is 0. The number of piperazine rings is 2. The molecule has 10 heteroatoms. The summed E-state index contributed by atoms with van der Waals surface area (Å²) < 4.78 is 5.26. The lowest BCUT2D eigenvalue weighted by Gasteiger charge is -2.36. The Hall–Kier alpha value is -3.79. The number of carbonyl (C=O) groups is 1. The van der Waals surface area contributed by atoms with Crippen molar-refractivity contribution in [2.24, 2.45) is 0 Å². The topological polar surface area (TPSA) is 65.0 Å². The van der Waals surface area contributed by atoms with E-state index in [-0.39, 0.29) is 5.91 Å². The number of halogens is 1. The molecule has 2 saturated heterocycles. The molecule has 0 unspecified atom stereocenters. The number of methoxy groups -OCH3 is 1. The van der Waals surface area contributed by atoms with E-state index in [0.717, 1.165) is 68.6 Å². The number of anilines is 2. The van der Waals surface area contributed by atoms with Gasteiger partial charge < -0.3 is 19.4 Å². The van der Waals surface area contributed by atoms with Crippen LogP contribution >= 0.6 is 23.4 Å². The van der Waals surface area contributed by atoms with Gasteiger partial charge in [0.1, 0.15) is 16.7 Å². The minimum absolute atomic E-state index is 0.0743. The molecule has 2 aliphatic rings. The standard InChI is InChI=1S/C34H37ClN6O2S/c1-43-30-13-11-29(12-14-30)39-19-21-41(22-20-39)33(42)28-9-7-27(8-10-28)25-44-34-36-31(35)23-32(37-34)40-17-15-38(16-18-40)24-26-5-3-2-4-6-26/h2-14,23H,15-22,24-25H2,1H3. The van der Waals surface area contributed by atoms with Crippen LogP contribution in [0, 0.1) is 0 Å². The Bertz CT molecular complexity index is 1520. The van der Waals surface area contributed by atoms with Gasteiger partial charge in [0.05, 0.1) is 7.11 Å². The normalized spacial score (nSPS) is 15.8. The molecule has 6 rings (SSSR count). The highest BCUT2D eigenvalue weighted by molar-refractivity contribution is 7.98. The van der Waals surface area contributed by atoms with Gasteiger partial charge in [-0.25, -0.2) is 9.97 Å². The first-order valence-corrected chi connectivity index (χ1v) is 16.4. The summed E-state index contributed by atoms with van der Waals surface area (Å²) in [6, 6.07) is 28.4. The molecule has 3 aromatic carbocycles. The van der Waals surface area contributed by atoms with Crippen LogP contribution in [-0.2, 0) is 12.3 Å². The quantitative estimate of drug-likeness (QED) is 0.133. The monoisotopic (exact) mass is 628 g/mol. The highest BCUT2D eigenvalue weighted by Crippen LogP contribution is 2.26. The fourth-order valence-corrected chi connectivity index (χ4v) is 6.66. The second-order valence-corrected chi connectivity index (χ2v) is 12.4. The third-order valence-electron chi connectivity index (χ3n) is 8.18. The summed E-state index contributed by atoms with van der Waals surface area (Å²) in [4.78, 5) is 31.5. The fraction of sp³-hybridized carbons (Fsp3) is 0.324. The van der Waals surface area contributed by atoms with Gasteiger partial charge in [-0.05, 0) is 47.5 Å². The largest absolute Gasteiger partial charge is 0.497 e. The van der Waals surface area contributed by atoms with Gasteiger partial charge in [0.25, 0.3) is 5.91 Å². The number of aromatic nitrogens is 2. The van der Waals surface area contributed by atoms with Crippen LogP contribution in [0.5, 0.6) is 5.75 Å².